The van der Waals surface area contributed by atoms with Gasteiger partial charge < -0.3 is 15.2 Å². The second-order valence-corrected chi connectivity index (χ2v) is 6.67. The molecule has 0 bridgehead atoms. The third-order valence-electron chi connectivity index (χ3n) is 3.29. The molecule has 0 saturated heterocycles. The van der Waals surface area contributed by atoms with Crippen molar-refractivity contribution in [1.82, 2.24) is 15.4 Å². The SMILES string of the molecule is CNC(=S)C(CC(=O)NC(C)C)(NS(=O)[O-])c1ccc(C)cc1. The average molecular weight is 356 g/mol. The van der Waals surface area contributed by atoms with Gasteiger partial charge in [0.15, 0.2) is 0 Å². The standard InChI is InChI=1S/C15H23N3O3S2/c1-10(2)17-13(19)9-15(14(22)16-4,18-23(20)21)12-7-5-11(3)6-8-12/h5-8,10,18H,9H2,1-4H3,(H,16,22)(H,17,19)(H,20,21)/p-1. The number of rotatable bonds is 7. The van der Waals surface area contributed by atoms with E-state index in [9.17, 15) is 13.6 Å². The summed E-state index contributed by atoms with van der Waals surface area (Å²) in [6, 6.07) is 7.17. The number of hydrogen-bond donors (Lipinski definition) is 3. The number of nitrogens with one attached hydrogen (secondary N) is 3. The van der Waals surface area contributed by atoms with E-state index in [0.717, 1.165) is 5.56 Å². The van der Waals surface area contributed by atoms with Crippen molar-refractivity contribution in [3.63, 3.8) is 0 Å². The van der Waals surface area contributed by atoms with E-state index in [0.29, 0.717) is 5.56 Å². The van der Waals surface area contributed by atoms with E-state index in [1.165, 1.54) is 0 Å². The average Bonchev–Trinajstić information content (AvgIpc) is 2.44. The highest BCUT2D eigenvalue weighted by molar-refractivity contribution is 7.80. The van der Waals surface area contributed by atoms with Crippen LogP contribution in [0.3, 0.4) is 0 Å². The number of benzene rings is 1. The van der Waals surface area contributed by atoms with Gasteiger partial charge in [-0.15, -0.1) is 0 Å². The molecule has 0 spiro atoms. The van der Waals surface area contributed by atoms with E-state index >= 15 is 0 Å². The van der Waals surface area contributed by atoms with Crippen molar-refractivity contribution in [1.29, 1.82) is 0 Å². The van der Waals surface area contributed by atoms with Crippen molar-refractivity contribution in [3.05, 3.63) is 35.4 Å². The summed E-state index contributed by atoms with van der Waals surface area (Å²) >= 11 is 2.73. The first-order valence-corrected chi connectivity index (χ1v) is 8.65. The van der Waals surface area contributed by atoms with Crippen LogP contribution in [-0.2, 0) is 21.6 Å². The van der Waals surface area contributed by atoms with Gasteiger partial charge in [0, 0.05) is 24.4 Å². The molecule has 1 aromatic rings. The number of hydrogen-bond acceptors (Lipinski definition) is 4. The molecule has 0 heterocycles. The molecule has 1 aromatic carbocycles. The van der Waals surface area contributed by atoms with Crippen molar-refractivity contribution in [2.75, 3.05) is 7.05 Å². The molecule has 1 amide bonds. The number of aryl methyl sites for hydroxylation is 1. The van der Waals surface area contributed by atoms with Crippen LogP contribution in [0.2, 0.25) is 0 Å². The zero-order chi connectivity index (χ0) is 17.6. The Morgan fingerprint density at radius 1 is 1.35 bits per heavy atom. The molecule has 0 aliphatic carbocycles. The normalized spacial score (nSPS) is 14.9. The Hall–Kier alpha value is -1.35. The van der Waals surface area contributed by atoms with Gasteiger partial charge in [-0.2, -0.15) is 0 Å². The smallest absolute Gasteiger partial charge is 0.222 e. The third kappa shape index (κ3) is 5.35. The summed E-state index contributed by atoms with van der Waals surface area (Å²) in [6.07, 6.45) is -0.137. The Morgan fingerprint density at radius 2 is 1.91 bits per heavy atom. The largest absolute Gasteiger partial charge is 0.760 e. The molecule has 0 aromatic heterocycles. The van der Waals surface area contributed by atoms with Crippen LogP contribution >= 0.6 is 12.2 Å². The number of thiocarbonyl (C=S) groups is 1. The van der Waals surface area contributed by atoms with E-state index in [-0.39, 0.29) is 23.4 Å². The van der Waals surface area contributed by atoms with Crippen molar-refractivity contribution in [3.8, 4) is 0 Å². The fourth-order valence-corrected chi connectivity index (χ4v) is 3.14. The van der Waals surface area contributed by atoms with E-state index in [1.54, 1.807) is 19.2 Å². The molecule has 0 aliphatic rings. The maximum absolute atomic E-state index is 12.3. The van der Waals surface area contributed by atoms with Gasteiger partial charge in [-0.25, -0.2) is 4.72 Å². The molecule has 2 unspecified atom stereocenters. The summed E-state index contributed by atoms with van der Waals surface area (Å²) in [5.74, 6) is -0.295. The highest BCUT2D eigenvalue weighted by Gasteiger charge is 2.39. The van der Waals surface area contributed by atoms with Crippen LogP contribution in [0, 0.1) is 6.92 Å². The van der Waals surface area contributed by atoms with E-state index < -0.39 is 16.8 Å². The van der Waals surface area contributed by atoms with Gasteiger partial charge in [0.2, 0.25) is 5.91 Å². The Balaban J connectivity index is 3.34. The van der Waals surface area contributed by atoms with E-state index in [2.05, 4.69) is 15.4 Å². The monoisotopic (exact) mass is 356 g/mol. The number of likely N-dealkylation sites (N-methyl/N-ethyl adjacent to an activating group) is 1. The summed E-state index contributed by atoms with van der Waals surface area (Å²) in [5.41, 5.74) is 0.294. The van der Waals surface area contributed by atoms with Crippen LogP contribution in [0.5, 0.6) is 0 Å². The minimum Gasteiger partial charge on any atom is -0.760 e. The van der Waals surface area contributed by atoms with Gasteiger partial charge in [0.1, 0.15) is 10.5 Å². The fraction of sp³-hybridized carbons (Fsp3) is 0.467. The first kappa shape index (κ1) is 19.7. The van der Waals surface area contributed by atoms with Crippen molar-refractivity contribution >= 4 is 34.4 Å². The van der Waals surface area contributed by atoms with Crippen molar-refractivity contribution in [2.24, 2.45) is 0 Å². The lowest BCUT2D eigenvalue weighted by Gasteiger charge is -2.36. The van der Waals surface area contributed by atoms with E-state index in [4.69, 9.17) is 12.2 Å². The Kier molecular flexibility index (Phi) is 7.27. The molecule has 0 radical (unpaired) electrons. The molecule has 0 saturated carbocycles. The van der Waals surface area contributed by atoms with Gasteiger partial charge in [-0.05, 0) is 26.3 Å². The summed E-state index contributed by atoms with van der Waals surface area (Å²) in [5, 5.41) is 5.56. The summed E-state index contributed by atoms with van der Waals surface area (Å²) in [4.78, 5) is 12.5. The van der Waals surface area contributed by atoms with Crippen LogP contribution in [0.1, 0.15) is 31.4 Å². The Bertz CT molecular complexity index is 590. The second-order valence-electron chi connectivity index (χ2n) is 5.59. The van der Waals surface area contributed by atoms with Crippen LogP contribution < -0.4 is 15.4 Å². The minimum absolute atomic E-state index is 0.0564. The molecule has 23 heavy (non-hydrogen) atoms. The fourth-order valence-electron chi connectivity index (χ4n) is 2.26. The molecule has 2 atom stereocenters. The molecule has 0 aliphatic heterocycles. The maximum atomic E-state index is 12.3. The number of carbonyl (C=O) groups excluding carboxylic acids is 1. The number of carbonyl (C=O) groups is 1. The molecule has 128 valence electrons. The summed E-state index contributed by atoms with van der Waals surface area (Å²) < 4.78 is 25.1. The van der Waals surface area contributed by atoms with Gasteiger partial charge in [0.05, 0.1) is 6.42 Å². The zero-order valence-electron chi connectivity index (χ0n) is 13.6. The maximum Gasteiger partial charge on any atom is 0.222 e. The number of amides is 1. The van der Waals surface area contributed by atoms with Crippen LogP contribution in [0.25, 0.3) is 0 Å². The van der Waals surface area contributed by atoms with Crippen LogP contribution in [-0.4, -0.2) is 32.7 Å². The Morgan fingerprint density at radius 3 is 2.35 bits per heavy atom. The first-order valence-electron chi connectivity index (χ1n) is 7.17. The van der Waals surface area contributed by atoms with Crippen LogP contribution in [0.15, 0.2) is 24.3 Å². The molecular weight excluding hydrogens is 334 g/mol. The highest BCUT2D eigenvalue weighted by Crippen LogP contribution is 2.27. The zero-order valence-corrected chi connectivity index (χ0v) is 15.3. The van der Waals surface area contributed by atoms with E-state index in [1.807, 2.05) is 32.9 Å². The van der Waals surface area contributed by atoms with Gasteiger partial charge in [-0.3, -0.25) is 9.00 Å². The predicted molar refractivity (Wildman–Crippen MR) is 94.5 cm³/mol. The lowest BCUT2D eigenvalue weighted by Crippen LogP contribution is -2.55. The summed E-state index contributed by atoms with van der Waals surface area (Å²) in [6.45, 7) is 5.59. The molecular formula is C15H22N3O3S2-. The predicted octanol–water partition coefficient (Wildman–Crippen LogP) is 1.04. The quantitative estimate of drug-likeness (QED) is 0.501. The van der Waals surface area contributed by atoms with Crippen LogP contribution in [0.4, 0.5) is 0 Å². The first-order chi connectivity index (χ1) is 10.7. The molecule has 1 rings (SSSR count). The molecule has 6 nitrogen and oxygen atoms in total. The minimum atomic E-state index is -2.60. The second kappa shape index (κ2) is 8.49. The molecule has 0 fully saturated rings. The topological polar surface area (TPSA) is 93.3 Å². The van der Waals surface area contributed by atoms with Crippen molar-refractivity contribution < 1.29 is 13.6 Å². The lowest BCUT2D eigenvalue weighted by molar-refractivity contribution is -0.122. The Labute approximate surface area is 144 Å². The lowest BCUT2D eigenvalue weighted by atomic mass is 9.86. The highest BCUT2D eigenvalue weighted by atomic mass is 32.2. The molecule has 8 heteroatoms. The van der Waals surface area contributed by atoms with Gasteiger partial charge >= 0.3 is 0 Å². The summed E-state index contributed by atoms with van der Waals surface area (Å²) in [7, 11) is 1.60. The van der Waals surface area contributed by atoms with Gasteiger partial charge in [-0.1, -0.05) is 42.0 Å². The van der Waals surface area contributed by atoms with Gasteiger partial charge in [0.25, 0.3) is 0 Å². The third-order valence-corrected chi connectivity index (χ3v) is 4.36. The molecule has 3 N–H and O–H groups in total. The van der Waals surface area contributed by atoms with Crippen molar-refractivity contribution in [2.45, 2.75) is 38.8 Å².